The molecular formula is C31H27ClN4O6. The number of rotatable bonds is 11. The highest BCUT2D eigenvalue weighted by atomic mass is 35.5. The molecule has 0 saturated carbocycles. The van der Waals surface area contributed by atoms with Gasteiger partial charge in [-0.05, 0) is 60.2 Å². The lowest BCUT2D eigenvalue weighted by Crippen LogP contribution is -2.03. The molecule has 5 rings (SSSR count). The van der Waals surface area contributed by atoms with Crippen LogP contribution in [0.4, 0.5) is 0 Å². The van der Waals surface area contributed by atoms with E-state index in [0.717, 1.165) is 22.2 Å². The highest BCUT2D eigenvalue weighted by Crippen LogP contribution is 2.40. The Hall–Kier alpha value is -5.09. The van der Waals surface area contributed by atoms with Crippen molar-refractivity contribution in [3.05, 3.63) is 94.9 Å². The molecule has 0 unspecified atom stereocenters. The van der Waals surface area contributed by atoms with Crippen LogP contribution in [0.3, 0.4) is 0 Å². The molecular weight excluding hydrogens is 560 g/mol. The van der Waals surface area contributed by atoms with Gasteiger partial charge in [0.25, 0.3) is 0 Å². The molecule has 0 fully saturated rings. The van der Waals surface area contributed by atoms with Gasteiger partial charge in [-0.1, -0.05) is 29.0 Å². The second-order valence-electron chi connectivity index (χ2n) is 8.92. The summed E-state index contributed by atoms with van der Waals surface area (Å²) in [6.07, 6.45) is 6.63. The predicted molar refractivity (Wildman–Crippen MR) is 158 cm³/mol. The molecule has 0 bridgehead atoms. The summed E-state index contributed by atoms with van der Waals surface area (Å²) in [4.78, 5) is 17.4. The number of carbonyl (C=O) groups excluding carboxylic acids is 1. The number of carbonyl (C=O) groups is 1. The molecule has 5 aromatic rings. The summed E-state index contributed by atoms with van der Waals surface area (Å²) in [6, 6.07) is 16.0. The van der Waals surface area contributed by atoms with E-state index in [9.17, 15) is 4.79 Å². The van der Waals surface area contributed by atoms with E-state index < -0.39 is 0 Å². The number of ketones is 1. The lowest BCUT2D eigenvalue weighted by Gasteiger charge is -2.14. The fourth-order valence-electron chi connectivity index (χ4n) is 4.40. The van der Waals surface area contributed by atoms with Crippen LogP contribution in [0.5, 0.6) is 28.7 Å². The summed E-state index contributed by atoms with van der Waals surface area (Å²) < 4.78 is 29.3. The standard InChI is InChI=1S/C31H27ClN4O6/c1-38-28-12-9-23(30(40-3)31(28)41-4)26(37)10-5-19-6-11-27(29(15-19)39-2)42-18-21-17-36(35-34-21)25-13-14-33-24-16-20(32)7-8-22(24)25/h5-17H,18H2,1-4H3/b10-5+. The second kappa shape index (κ2) is 12.6. The molecule has 10 nitrogen and oxygen atoms in total. The molecule has 0 aliphatic heterocycles. The average molecular weight is 587 g/mol. The minimum atomic E-state index is -0.264. The van der Waals surface area contributed by atoms with Crippen molar-refractivity contribution in [1.82, 2.24) is 20.0 Å². The van der Waals surface area contributed by atoms with Crippen LogP contribution in [-0.4, -0.2) is 54.2 Å². The van der Waals surface area contributed by atoms with Crippen LogP contribution in [0.25, 0.3) is 22.7 Å². The van der Waals surface area contributed by atoms with Gasteiger partial charge in [0.1, 0.15) is 12.3 Å². The molecule has 11 heteroatoms. The quantitative estimate of drug-likeness (QED) is 0.136. The number of aromatic nitrogens is 4. The summed E-state index contributed by atoms with van der Waals surface area (Å²) in [5, 5.41) is 10.0. The van der Waals surface area contributed by atoms with Crippen molar-refractivity contribution in [2.75, 3.05) is 28.4 Å². The van der Waals surface area contributed by atoms with Crippen LogP contribution in [0.15, 0.2) is 73.1 Å². The largest absolute Gasteiger partial charge is 0.493 e. The zero-order chi connectivity index (χ0) is 29.6. The molecule has 2 heterocycles. The third-order valence-corrected chi connectivity index (χ3v) is 6.66. The second-order valence-corrected chi connectivity index (χ2v) is 9.36. The maximum absolute atomic E-state index is 13.0. The number of ether oxygens (including phenoxy) is 5. The first kappa shape index (κ1) is 28.4. The van der Waals surface area contributed by atoms with Crippen molar-refractivity contribution in [3.63, 3.8) is 0 Å². The van der Waals surface area contributed by atoms with Crippen LogP contribution < -0.4 is 23.7 Å². The number of nitrogens with zero attached hydrogens (tertiary/aromatic N) is 4. The van der Waals surface area contributed by atoms with E-state index in [2.05, 4.69) is 15.3 Å². The highest BCUT2D eigenvalue weighted by Gasteiger charge is 2.19. The first-order chi connectivity index (χ1) is 20.4. The number of hydrogen-bond acceptors (Lipinski definition) is 9. The molecule has 0 radical (unpaired) electrons. The number of benzene rings is 3. The van der Waals surface area contributed by atoms with E-state index in [4.69, 9.17) is 35.3 Å². The smallest absolute Gasteiger partial charge is 0.204 e. The van der Waals surface area contributed by atoms with E-state index in [-0.39, 0.29) is 12.4 Å². The SMILES string of the molecule is COc1cc(/C=C/C(=O)c2ccc(OC)c(OC)c2OC)ccc1OCc1cn(-c2ccnc3cc(Cl)ccc23)nn1. The molecule has 0 spiro atoms. The van der Waals surface area contributed by atoms with Crippen LogP contribution in [0.2, 0.25) is 5.02 Å². The molecule has 0 aliphatic carbocycles. The molecule has 3 aromatic carbocycles. The Labute approximate surface area is 247 Å². The van der Waals surface area contributed by atoms with Crippen LogP contribution in [0, 0.1) is 0 Å². The van der Waals surface area contributed by atoms with Crippen LogP contribution in [-0.2, 0) is 6.61 Å². The van der Waals surface area contributed by atoms with Crippen molar-refractivity contribution in [2.24, 2.45) is 0 Å². The predicted octanol–water partition coefficient (Wildman–Crippen LogP) is 5.98. The van der Waals surface area contributed by atoms with Crippen molar-refractivity contribution in [3.8, 4) is 34.4 Å². The monoisotopic (exact) mass is 586 g/mol. The van der Waals surface area contributed by atoms with Crippen molar-refractivity contribution >= 4 is 34.4 Å². The van der Waals surface area contributed by atoms with Gasteiger partial charge in [0, 0.05) is 16.6 Å². The molecule has 2 aromatic heterocycles. The molecule has 0 amide bonds. The van der Waals surface area contributed by atoms with Gasteiger partial charge in [0.15, 0.2) is 28.8 Å². The van der Waals surface area contributed by atoms with Gasteiger partial charge < -0.3 is 23.7 Å². The topological polar surface area (TPSA) is 107 Å². The molecule has 42 heavy (non-hydrogen) atoms. The maximum atomic E-state index is 13.0. The molecule has 0 atom stereocenters. The van der Waals surface area contributed by atoms with E-state index in [1.807, 2.05) is 24.3 Å². The number of fused-ring (bicyclic) bond motifs is 1. The van der Waals surface area contributed by atoms with Gasteiger partial charge in [-0.15, -0.1) is 5.10 Å². The van der Waals surface area contributed by atoms with E-state index in [0.29, 0.717) is 45.0 Å². The maximum Gasteiger partial charge on any atom is 0.204 e. The Morgan fingerprint density at radius 3 is 2.43 bits per heavy atom. The fraction of sp³-hybridized carbons (Fsp3) is 0.161. The van der Waals surface area contributed by atoms with Crippen molar-refractivity contribution < 1.29 is 28.5 Å². The molecule has 0 N–H and O–H groups in total. The molecule has 214 valence electrons. The number of methoxy groups -OCH3 is 4. The van der Waals surface area contributed by atoms with Gasteiger partial charge in [-0.2, -0.15) is 0 Å². The Kier molecular flexibility index (Phi) is 8.54. The first-order valence-corrected chi connectivity index (χ1v) is 13.1. The lowest BCUT2D eigenvalue weighted by molar-refractivity contribution is 0.104. The third kappa shape index (κ3) is 5.84. The number of allylic oxidation sites excluding steroid dienone is 1. The average Bonchev–Trinajstić information content (AvgIpc) is 3.50. The lowest BCUT2D eigenvalue weighted by atomic mass is 10.1. The number of halogens is 1. The van der Waals surface area contributed by atoms with Crippen molar-refractivity contribution in [2.45, 2.75) is 6.61 Å². The highest BCUT2D eigenvalue weighted by molar-refractivity contribution is 6.31. The Morgan fingerprint density at radius 2 is 1.67 bits per heavy atom. The van der Waals surface area contributed by atoms with Crippen molar-refractivity contribution in [1.29, 1.82) is 0 Å². The van der Waals surface area contributed by atoms with Gasteiger partial charge >= 0.3 is 0 Å². The molecule has 0 aliphatic rings. The fourth-order valence-corrected chi connectivity index (χ4v) is 4.57. The van der Waals surface area contributed by atoms with Gasteiger partial charge in [-0.25, -0.2) is 4.68 Å². The summed E-state index contributed by atoms with van der Waals surface area (Å²) in [5.74, 6) is 1.86. The third-order valence-electron chi connectivity index (χ3n) is 6.43. The van der Waals surface area contributed by atoms with Crippen LogP contribution in [0.1, 0.15) is 21.6 Å². The van der Waals surface area contributed by atoms with E-state index in [1.165, 1.54) is 27.4 Å². The summed E-state index contributed by atoms with van der Waals surface area (Å²) in [5.41, 5.74) is 3.29. The minimum Gasteiger partial charge on any atom is -0.493 e. The number of pyridine rings is 1. The first-order valence-electron chi connectivity index (χ1n) is 12.7. The normalized spacial score (nSPS) is 11.1. The summed E-state index contributed by atoms with van der Waals surface area (Å²) >= 11 is 6.11. The van der Waals surface area contributed by atoms with E-state index >= 15 is 0 Å². The summed E-state index contributed by atoms with van der Waals surface area (Å²) in [6.45, 7) is 0.165. The zero-order valence-corrected chi connectivity index (χ0v) is 24.1. The zero-order valence-electron chi connectivity index (χ0n) is 23.3. The van der Waals surface area contributed by atoms with E-state index in [1.54, 1.807) is 60.6 Å². The Morgan fingerprint density at radius 1 is 0.881 bits per heavy atom. The Balaban J connectivity index is 1.29. The Bertz CT molecular complexity index is 1790. The van der Waals surface area contributed by atoms with Crippen LogP contribution >= 0.6 is 11.6 Å². The van der Waals surface area contributed by atoms with Gasteiger partial charge in [0.2, 0.25) is 5.75 Å². The summed E-state index contributed by atoms with van der Waals surface area (Å²) in [7, 11) is 6.03. The number of hydrogen-bond donors (Lipinski definition) is 0. The van der Waals surface area contributed by atoms with Gasteiger partial charge in [0.05, 0.1) is 51.4 Å². The molecule has 0 saturated heterocycles. The minimum absolute atomic E-state index is 0.165. The van der Waals surface area contributed by atoms with Gasteiger partial charge in [-0.3, -0.25) is 9.78 Å².